The Morgan fingerprint density at radius 3 is 0.509 bits per heavy atom. The number of esters is 3. The van der Waals surface area contributed by atoms with Crippen molar-refractivity contribution in [3.05, 3.63) is 72.9 Å². The molecule has 0 aromatic carbocycles. The molecule has 0 heterocycles. The Hall–Kier alpha value is -3.15. The lowest BCUT2D eigenvalue weighted by molar-refractivity contribution is -0.144. The van der Waals surface area contributed by atoms with Crippen molar-refractivity contribution in [2.24, 2.45) is 17.8 Å². The molecule has 0 rings (SSSR count). The van der Waals surface area contributed by atoms with Crippen molar-refractivity contribution < 1.29 is 28.6 Å². The van der Waals surface area contributed by atoms with Gasteiger partial charge in [-0.2, -0.15) is 0 Å². The van der Waals surface area contributed by atoms with Gasteiger partial charge in [-0.3, -0.25) is 14.4 Å². The third kappa shape index (κ3) is 115. The first kappa shape index (κ1) is 115. The topological polar surface area (TPSA) is 78.9 Å². The maximum atomic E-state index is 11.9. The standard InChI is InChI=1S/3C36H68O2/c3*1-4-5-6-7-8-9-10-11-12-15-18-21-24-27-30-33-36(37)38-34-31-28-25-22-19-16-13-14-17-20-23-26-29-32-35(2)3/h3*8-9,11-12,35H,4-7,10,13-34H2,1-3H3/b3*9-8-,12-11-. The smallest absolute Gasteiger partial charge is 0.305 e. The van der Waals surface area contributed by atoms with Crippen molar-refractivity contribution in [3.63, 3.8) is 0 Å². The van der Waals surface area contributed by atoms with Gasteiger partial charge in [-0.1, -0.05) is 482 Å². The minimum atomic E-state index is 0.00982. The quantitative estimate of drug-likeness (QED) is 0.0261. The highest BCUT2D eigenvalue weighted by molar-refractivity contribution is 5.69. The van der Waals surface area contributed by atoms with Gasteiger partial charge >= 0.3 is 17.9 Å². The minimum Gasteiger partial charge on any atom is -0.466 e. The predicted octanol–water partition coefficient (Wildman–Crippen LogP) is 37.4. The van der Waals surface area contributed by atoms with E-state index in [0.717, 1.165) is 94.8 Å². The fourth-order valence-electron chi connectivity index (χ4n) is 14.8. The lowest BCUT2D eigenvalue weighted by Crippen LogP contribution is -2.05. The largest absolute Gasteiger partial charge is 0.466 e. The SMILES string of the molecule is CCCCC/C=C\C/C=C\CCCCCCCC(=O)OCCCCCCCCCCCCCCCC(C)C.CCCCC/C=C\C/C=C\CCCCCCCC(=O)OCCCCCCCCCCCCCCCC(C)C.CCCCC/C=C\C/C=C\CCCCCCCC(=O)OCCCCCCCCCCCCCCCC(C)C. The molecule has 0 N–H and O–H groups in total. The zero-order valence-electron chi connectivity index (χ0n) is 78.9. The van der Waals surface area contributed by atoms with E-state index in [2.05, 4.69) is 135 Å². The van der Waals surface area contributed by atoms with E-state index in [0.29, 0.717) is 39.1 Å². The van der Waals surface area contributed by atoms with Crippen LogP contribution >= 0.6 is 0 Å². The van der Waals surface area contributed by atoms with Gasteiger partial charge in [0.05, 0.1) is 19.8 Å². The average Bonchev–Trinajstić information content (AvgIpc) is 1.23. The Bertz CT molecular complexity index is 1780. The van der Waals surface area contributed by atoms with Crippen LogP contribution in [0.1, 0.15) is 563 Å². The molecule has 0 aromatic heterocycles. The molecule has 6 heteroatoms. The molecule has 0 radical (unpaired) electrons. The van der Waals surface area contributed by atoms with Crippen LogP contribution in [0.5, 0.6) is 0 Å². The number of ether oxygens (including phenoxy) is 3. The third-order valence-corrected chi connectivity index (χ3v) is 22.6. The highest BCUT2D eigenvalue weighted by Gasteiger charge is 2.07. The van der Waals surface area contributed by atoms with Crippen LogP contribution in [0.2, 0.25) is 0 Å². The van der Waals surface area contributed by atoms with E-state index in [9.17, 15) is 14.4 Å². The summed E-state index contributed by atoms with van der Waals surface area (Å²) in [6.45, 7) is 22.6. The molecule has 0 amide bonds. The van der Waals surface area contributed by atoms with Gasteiger partial charge in [0.2, 0.25) is 0 Å². The van der Waals surface area contributed by atoms with E-state index in [1.807, 2.05) is 0 Å². The number of carbonyl (C=O) groups excluding carboxylic acids is 3. The minimum absolute atomic E-state index is 0.00982. The molecule has 0 saturated carbocycles. The number of allylic oxidation sites excluding steroid dienone is 12. The summed E-state index contributed by atoms with van der Waals surface area (Å²) in [7, 11) is 0. The summed E-state index contributed by atoms with van der Waals surface area (Å²) in [5, 5.41) is 0. The Morgan fingerprint density at radius 1 is 0.184 bits per heavy atom. The summed E-state index contributed by atoms with van der Waals surface area (Å²) in [6.07, 6.45) is 127. The Kier molecular flexibility index (Phi) is 107. The zero-order chi connectivity index (χ0) is 83.3. The van der Waals surface area contributed by atoms with E-state index in [4.69, 9.17) is 14.2 Å². The average molecular weight is 1600 g/mol. The summed E-state index contributed by atoms with van der Waals surface area (Å²) in [5.41, 5.74) is 0. The molecule has 6 nitrogen and oxygen atoms in total. The molecular weight excluding hydrogens is 1390 g/mol. The molecule has 0 aromatic rings. The summed E-state index contributed by atoms with van der Waals surface area (Å²) < 4.78 is 16.3. The molecule has 0 bridgehead atoms. The summed E-state index contributed by atoms with van der Waals surface area (Å²) in [5.74, 6) is 2.64. The summed E-state index contributed by atoms with van der Waals surface area (Å²) in [6, 6.07) is 0. The molecule has 0 atom stereocenters. The van der Waals surface area contributed by atoms with Gasteiger partial charge in [0.25, 0.3) is 0 Å². The maximum Gasteiger partial charge on any atom is 0.305 e. The van der Waals surface area contributed by atoms with Gasteiger partial charge in [-0.15, -0.1) is 0 Å². The molecule has 0 aliphatic heterocycles. The maximum absolute atomic E-state index is 11.9. The fraction of sp³-hybridized carbons (Fsp3) is 0.861. The first-order chi connectivity index (χ1) is 56.0. The van der Waals surface area contributed by atoms with Crippen molar-refractivity contribution >= 4 is 17.9 Å². The first-order valence-corrected chi connectivity index (χ1v) is 51.4. The fourth-order valence-corrected chi connectivity index (χ4v) is 14.8. The van der Waals surface area contributed by atoms with Gasteiger partial charge < -0.3 is 14.2 Å². The molecule has 0 fully saturated rings. The van der Waals surface area contributed by atoms with Gasteiger partial charge in [0, 0.05) is 19.3 Å². The number of rotatable bonds is 90. The van der Waals surface area contributed by atoms with Crippen molar-refractivity contribution in [1.82, 2.24) is 0 Å². The number of carbonyl (C=O) groups is 3. The molecule has 114 heavy (non-hydrogen) atoms. The van der Waals surface area contributed by atoms with Crippen LogP contribution in [-0.2, 0) is 28.6 Å². The Morgan fingerprint density at radius 2 is 0.333 bits per heavy atom. The number of hydrogen-bond acceptors (Lipinski definition) is 6. The van der Waals surface area contributed by atoms with Gasteiger partial charge in [0.15, 0.2) is 0 Å². The van der Waals surface area contributed by atoms with Crippen molar-refractivity contribution in [1.29, 1.82) is 0 Å². The van der Waals surface area contributed by atoms with Crippen LogP contribution in [0, 0.1) is 17.8 Å². The monoisotopic (exact) mass is 1600 g/mol. The van der Waals surface area contributed by atoms with Crippen LogP contribution in [0.3, 0.4) is 0 Å². The number of hydrogen-bond donors (Lipinski definition) is 0. The second-order valence-corrected chi connectivity index (χ2v) is 35.9. The summed E-state index contributed by atoms with van der Waals surface area (Å²) in [4.78, 5) is 35.7. The van der Waals surface area contributed by atoms with Crippen molar-refractivity contribution in [3.8, 4) is 0 Å². The predicted molar refractivity (Wildman–Crippen MR) is 509 cm³/mol. The first-order valence-electron chi connectivity index (χ1n) is 51.4. The highest BCUT2D eigenvalue weighted by Crippen LogP contribution is 2.21. The Labute approximate surface area is 715 Å². The second kappa shape index (κ2) is 106. The van der Waals surface area contributed by atoms with Gasteiger partial charge in [0.1, 0.15) is 0 Å². The molecule has 0 unspecified atom stereocenters. The second-order valence-electron chi connectivity index (χ2n) is 35.9. The lowest BCUT2D eigenvalue weighted by Gasteiger charge is -2.06. The van der Waals surface area contributed by atoms with E-state index in [1.165, 1.54) is 405 Å². The third-order valence-electron chi connectivity index (χ3n) is 22.6. The normalized spacial score (nSPS) is 11.9. The number of unbranched alkanes of at least 4 members (excludes halogenated alkanes) is 60. The zero-order valence-corrected chi connectivity index (χ0v) is 78.9. The van der Waals surface area contributed by atoms with Crippen molar-refractivity contribution in [2.75, 3.05) is 19.8 Å². The molecule has 0 aliphatic carbocycles. The molecule has 0 saturated heterocycles. The van der Waals surface area contributed by atoms with Crippen LogP contribution in [-0.4, -0.2) is 37.7 Å². The van der Waals surface area contributed by atoms with E-state index in [-0.39, 0.29) is 17.9 Å². The van der Waals surface area contributed by atoms with E-state index < -0.39 is 0 Å². The van der Waals surface area contributed by atoms with E-state index in [1.54, 1.807) is 0 Å². The van der Waals surface area contributed by atoms with E-state index >= 15 is 0 Å². The highest BCUT2D eigenvalue weighted by atomic mass is 16.5. The van der Waals surface area contributed by atoms with Crippen LogP contribution in [0.4, 0.5) is 0 Å². The van der Waals surface area contributed by atoms with Crippen LogP contribution in [0.15, 0.2) is 72.9 Å². The lowest BCUT2D eigenvalue weighted by atomic mass is 10.0. The van der Waals surface area contributed by atoms with Crippen molar-refractivity contribution in [2.45, 2.75) is 563 Å². The Balaban J connectivity index is -0.00000162. The molecule has 0 spiro atoms. The van der Waals surface area contributed by atoms with Gasteiger partial charge in [-0.05, 0) is 153 Å². The molecule has 672 valence electrons. The molecular formula is C108H204O6. The van der Waals surface area contributed by atoms with Crippen LogP contribution in [0.25, 0.3) is 0 Å². The van der Waals surface area contributed by atoms with Crippen LogP contribution < -0.4 is 0 Å². The van der Waals surface area contributed by atoms with Gasteiger partial charge in [-0.25, -0.2) is 0 Å². The summed E-state index contributed by atoms with van der Waals surface area (Å²) >= 11 is 0. The molecule has 0 aliphatic rings.